The topological polar surface area (TPSA) is 107 Å². The largest absolute Gasteiger partial charge is 0.457 e. The van der Waals surface area contributed by atoms with Crippen LogP contribution >= 0.6 is 11.3 Å². The van der Waals surface area contributed by atoms with Gasteiger partial charge in [0.15, 0.2) is 0 Å². The second-order valence-electron chi connectivity index (χ2n) is 8.73. The van der Waals surface area contributed by atoms with E-state index in [1.165, 1.54) is 0 Å². The normalized spacial score (nSPS) is 22.3. The smallest absolute Gasteiger partial charge is 0.319 e. The fourth-order valence-corrected chi connectivity index (χ4v) is 5.16. The molecule has 0 aliphatic carbocycles. The van der Waals surface area contributed by atoms with Crippen molar-refractivity contribution in [1.29, 1.82) is 0 Å². The minimum atomic E-state index is -0.321. The van der Waals surface area contributed by atoms with Crippen LogP contribution in [0, 0.1) is 0 Å². The van der Waals surface area contributed by atoms with E-state index in [0.717, 1.165) is 16.3 Å². The summed E-state index contributed by atoms with van der Waals surface area (Å²) in [6.07, 6.45) is 1.27. The third-order valence-corrected chi connectivity index (χ3v) is 7.10. The van der Waals surface area contributed by atoms with Gasteiger partial charge in [-0.2, -0.15) is 0 Å². The molecule has 2 saturated heterocycles. The van der Waals surface area contributed by atoms with Gasteiger partial charge in [-0.3, -0.25) is 0 Å². The SMILES string of the molecule is O=C(Nc1ccc(Oc2ccccc2)cc1)N[C@H]1CO[C@H]2[C@@H]1OC[C@@H]2Nc1nccc(-c2cccs2)n1. The van der Waals surface area contributed by atoms with E-state index in [4.69, 9.17) is 14.2 Å². The lowest BCUT2D eigenvalue weighted by atomic mass is 10.1. The van der Waals surface area contributed by atoms with Crippen molar-refractivity contribution in [2.45, 2.75) is 24.3 Å². The zero-order chi connectivity index (χ0) is 25.0. The van der Waals surface area contributed by atoms with Gasteiger partial charge in [0.05, 0.1) is 35.9 Å². The van der Waals surface area contributed by atoms with Crippen molar-refractivity contribution in [2.75, 3.05) is 23.8 Å². The third kappa shape index (κ3) is 5.41. The van der Waals surface area contributed by atoms with E-state index >= 15 is 0 Å². The van der Waals surface area contributed by atoms with Crippen molar-refractivity contribution in [2.24, 2.45) is 0 Å². The maximum atomic E-state index is 12.7. The van der Waals surface area contributed by atoms with Gasteiger partial charge in [0.1, 0.15) is 23.7 Å². The maximum Gasteiger partial charge on any atom is 0.319 e. The Labute approximate surface area is 217 Å². The van der Waals surface area contributed by atoms with Gasteiger partial charge in [-0.15, -0.1) is 11.3 Å². The molecule has 2 aliphatic heterocycles. The Kier molecular flexibility index (Phi) is 6.68. The first kappa shape index (κ1) is 23.4. The Hall–Kier alpha value is -3.99. The predicted molar refractivity (Wildman–Crippen MR) is 141 cm³/mol. The number of para-hydroxylation sites is 1. The second-order valence-corrected chi connectivity index (χ2v) is 9.68. The molecule has 37 heavy (non-hydrogen) atoms. The zero-order valence-corrected chi connectivity index (χ0v) is 20.6. The summed E-state index contributed by atoms with van der Waals surface area (Å²) in [5.74, 6) is 1.97. The van der Waals surface area contributed by atoms with Crippen molar-refractivity contribution in [3.63, 3.8) is 0 Å². The molecule has 0 unspecified atom stereocenters. The molecule has 188 valence electrons. The molecule has 2 amide bonds. The van der Waals surface area contributed by atoms with Crippen LogP contribution in [0.4, 0.5) is 16.4 Å². The molecule has 2 aliphatic rings. The van der Waals surface area contributed by atoms with E-state index in [2.05, 4.69) is 25.9 Å². The summed E-state index contributed by atoms with van der Waals surface area (Å²) in [4.78, 5) is 22.7. The molecule has 4 aromatic rings. The summed E-state index contributed by atoms with van der Waals surface area (Å²) in [5.41, 5.74) is 1.52. The number of carbonyl (C=O) groups is 1. The van der Waals surface area contributed by atoms with Crippen molar-refractivity contribution >= 4 is 29.0 Å². The number of nitrogens with zero attached hydrogens (tertiary/aromatic N) is 2. The van der Waals surface area contributed by atoms with E-state index in [1.807, 2.05) is 66.0 Å². The number of nitrogens with one attached hydrogen (secondary N) is 3. The van der Waals surface area contributed by atoms with Crippen LogP contribution in [0.15, 0.2) is 84.4 Å². The average molecular weight is 516 g/mol. The number of aromatic nitrogens is 2. The van der Waals surface area contributed by atoms with Gasteiger partial charge in [0, 0.05) is 11.9 Å². The molecular weight excluding hydrogens is 490 g/mol. The number of anilines is 2. The van der Waals surface area contributed by atoms with Gasteiger partial charge in [0.2, 0.25) is 5.95 Å². The molecule has 0 saturated carbocycles. The summed E-state index contributed by atoms with van der Waals surface area (Å²) in [5, 5.41) is 11.2. The summed E-state index contributed by atoms with van der Waals surface area (Å²) < 4.78 is 17.8. The molecule has 0 spiro atoms. The van der Waals surface area contributed by atoms with Crippen molar-refractivity contribution < 1.29 is 19.0 Å². The zero-order valence-electron chi connectivity index (χ0n) is 19.7. The first-order valence-corrected chi connectivity index (χ1v) is 12.9. The highest BCUT2D eigenvalue weighted by Crippen LogP contribution is 2.30. The van der Waals surface area contributed by atoms with E-state index in [9.17, 15) is 4.79 Å². The summed E-state index contributed by atoms with van der Waals surface area (Å²) in [6, 6.07) is 21.9. The number of amides is 2. The van der Waals surface area contributed by atoms with Crippen LogP contribution in [-0.2, 0) is 9.47 Å². The van der Waals surface area contributed by atoms with Crippen LogP contribution in [-0.4, -0.2) is 53.5 Å². The van der Waals surface area contributed by atoms with E-state index in [1.54, 1.807) is 29.7 Å². The molecule has 2 fully saturated rings. The van der Waals surface area contributed by atoms with Crippen LogP contribution in [0.25, 0.3) is 10.6 Å². The lowest BCUT2D eigenvalue weighted by molar-refractivity contribution is 0.0683. The second kappa shape index (κ2) is 10.6. The predicted octanol–water partition coefficient (Wildman–Crippen LogP) is 4.77. The molecule has 6 rings (SSSR count). The average Bonchev–Trinajstić information content (AvgIpc) is 3.67. The first-order chi connectivity index (χ1) is 18.2. The van der Waals surface area contributed by atoms with E-state index in [-0.39, 0.29) is 30.3 Å². The Morgan fingerprint density at radius 3 is 2.43 bits per heavy atom. The molecular formula is C27H25N5O4S. The Bertz CT molecular complexity index is 1340. The Balaban J connectivity index is 1.02. The first-order valence-electron chi connectivity index (χ1n) is 12.0. The van der Waals surface area contributed by atoms with Gasteiger partial charge < -0.3 is 30.2 Å². The third-order valence-electron chi connectivity index (χ3n) is 6.20. The van der Waals surface area contributed by atoms with Crippen LogP contribution in [0.3, 0.4) is 0 Å². The highest BCUT2D eigenvalue weighted by molar-refractivity contribution is 7.13. The summed E-state index contributed by atoms with van der Waals surface area (Å²) in [6.45, 7) is 0.797. The number of hydrogen-bond acceptors (Lipinski definition) is 8. The number of carbonyl (C=O) groups excluding carboxylic acids is 1. The van der Waals surface area contributed by atoms with Gasteiger partial charge in [0.25, 0.3) is 0 Å². The van der Waals surface area contributed by atoms with Crippen molar-refractivity contribution in [3.05, 3.63) is 84.4 Å². The Morgan fingerprint density at radius 1 is 0.892 bits per heavy atom. The molecule has 0 radical (unpaired) electrons. The Morgan fingerprint density at radius 2 is 1.65 bits per heavy atom. The molecule has 2 aromatic heterocycles. The van der Waals surface area contributed by atoms with Gasteiger partial charge >= 0.3 is 6.03 Å². The van der Waals surface area contributed by atoms with Crippen LogP contribution in [0.2, 0.25) is 0 Å². The summed E-state index contributed by atoms with van der Waals surface area (Å²) in [7, 11) is 0. The van der Waals surface area contributed by atoms with Crippen LogP contribution < -0.4 is 20.7 Å². The summed E-state index contributed by atoms with van der Waals surface area (Å²) >= 11 is 1.63. The number of urea groups is 1. The van der Waals surface area contributed by atoms with Gasteiger partial charge in [-0.05, 0) is 53.9 Å². The fourth-order valence-electron chi connectivity index (χ4n) is 4.47. The number of benzene rings is 2. The molecule has 4 atom stereocenters. The minimum absolute atomic E-state index is 0.115. The number of rotatable bonds is 7. The van der Waals surface area contributed by atoms with Crippen LogP contribution in [0.1, 0.15) is 0 Å². The molecule has 9 nitrogen and oxygen atoms in total. The number of ether oxygens (including phenoxy) is 3. The van der Waals surface area contributed by atoms with E-state index < -0.39 is 0 Å². The van der Waals surface area contributed by atoms with Gasteiger partial charge in [-0.1, -0.05) is 24.3 Å². The standard InChI is InChI=1S/C27H25N5O4S/c33-27(29-17-8-10-19(11-9-17)36-18-5-2-1-3-6-18)32-22-16-35-24-21(15-34-25(22)24)31-26-28-13-12-20(30-26)23-7-4-14-37-23/h1-14,21-22,24-25H,15-16H2,(H,28,30,31)(H2,29,32,33)/t21-,22-,24+,25+/m0/s1. The van der Waals surface area contributed by atoms with Crippen molar-refractivity contribution in [1.82, 2.24) is 15.3 Å². The number of hydrogen-bond donors (Lipinski definition) is 3. The van der Waals surface area contributed by atoms with Crippen LogP contribution in [0.5, 0.6) is 11.5 Å². The molecule has 2 aromatic carbocycles. The highest BCUT2D eigenvalue weighted by atomic mass is 32.1. The quantitative estimate of drug-likeness (QED) is 0.326. The molecule has 10 heteroatoms. The van der Waals surface area contributed by atoms with Gasteiger partial charge in [-0.25, -0.2) is 14.8 Å². The molecule has 3 N–H and O–H groups in total. The van der Waals surface area contributed by atoms with Crippen molar-refractivity contribution in [3.8, 4) is 22.1 Å². The highest BCUT2D eigenvalue weighted by Gasteiger charge is 2.48. The number of thiophene rings is 1. The lowest BCUT2D eigenvalue weighted by Crippen LogP contribution is -2.46. The fraction of sp³-hybridized carbons (Fsp3) is 0.222. The van der Waals surface area contributed by atoms with E-state index in [0.29, 0.717) is 30.6 Å². The molecule has 0 bridgehead atoms. The maximum absolute atomic E-state index is 12.7. The minimum Gasteiger partial charge on any atom is -0.457 e. The monoisotopic (exact) mass is 515 g/mol. The number of fused-ring (bicyclic) bond motifs is 1. The lowest BCUT2D eigenvalue weighted by Gasteiger charge is -2.18. The molecule has 4 heterocycles.